The zero-order valence-electron chi connectivity index (χ0n) is 11.2. The summed E-state index contributed by atoms with van der Waals surface area (Å²) in [7, 11) is 0. The van der Waals surface area contributed by atoms with Crippen molar-refractivity contribution < 1.29 is 4.92 Å². The lowest BCUT2D eigenvalue weighted by Crippen LogP contribution is -2.31. The van der Waals surface area contributed by atoms with Gasteiger partial charge >= 0.3 is 0 Å². The van der Waals surface area contributed by atoms with Crippen LogP contribution < -0.4 is 5.73 Å². The third-order valence-electron chi connectivity index (χ3n) is 2.98. The van der Waals surface area contributed by atoms with E-state index in [1.54, 1.807) is 12.1 Å². The van der Waals surface area contributed by atoms with Crippen molar-refractivity contribution in [3.63, 3.8) is 0 Å². The van der Waals surface area contributed by atoms with Crippen LogP contribution in [0.5, 0.6) is 0 Å². The van der Waals surface area contributed by atoms with Gasteiger partial charge in [-0.1, -0.05) is 12.1 Å². The van der Waals surface area contributed by atoms with Gasteiger partial charge in [-0.3, -0.25) is 15.0 Å². The lowest BCUT2D eigenvalue weighted by molar-refractivity contribution is -0.384. The zero-order chi connectivity index (χ0) is 14.4. The standard InChI is InChI=1S/C13H18N4O2/c1-10(2)16(8-4-7-14)9-11-5-3-6-12(13(11)15)17(18)19/h3,5-6,10H,4,8-9,15H2,1-2H3. The molecule has 0 aliphatic heterocycles. The summed E-state index contributed by atoms with van der Waals surface area (Å²) < 4.78 is 0. The summed E-state index contributed by atoms with van der Waals surface area (Å²) >= 11 is 0. The second kappa shape index (κ2) is 6.71. The predicted octanol–water partition coefficient (Wildman–Crippen LogP) is 2.30. The monoisotopic (exact) mass is 262 g/mol. The van der Waals surface area contributed by atoms with E-state index in [9.17, 15) is 10.1 Å². The fraction of sp³-hybridized carbons (Fsp3) is 0.462. The van der Waals surface area contributed by atoms with Crippen LogP contribution in [-0.2, 0) is 6.54 Å². The Morgan fingerprint density at radius 2 is 2.21 bits per heavy atom. The molecule has 0 unspecified atom stereocenters. The summed E-state index contributed by atoms with van der Waals surface area (Å²) in [4.78, 5) is 12.4. The van der Waals surface area contributed by atoms with Gasteiger partial charge in [-0.25, -0.2) is 0 Å². The van der Waals surface area contributed by atoms with Crippen LogP contribution in [0.15, 0.2) is 18.2 Å². The van der Waals surface area contributed by atoms with Gasteiger partial charge in [0.05, 0.1) is 11.0 Å². The first-order valence-electron chi connectivity index (χ1n) is 6.10. The molecular formula is C13H18N4O2. The minimum atomic E-state index is -0.478. The number of rotatable bonds is 6. The van der Waals surface area contributed by atoms with Crippen molar-refractivity contribution in [2.75, 3.05) is 12.3 Å². The predicted molar refractivity (Wildman–Crippen MR) is 73.3 cm³/mol. The largest absolute Gasteiger partial charge is 0.393 e. The van der Waals surface area contributed by atoms with Gasteiger partial charge in [0.15, 0.2) is 0 Å². The lowest BCUT2D eigenvalue weighted by Gasteiger charge is -2.25. The number of nitro groups is 1. The lowest BCUT2D eigenvalue weighted by atomic mass is 10.1. The average Bonchev–Trinajstić information content (AvgIpc) is 2.35. The van der Waals surface area contributed by atoms with E-state index in [1.165, 1.54) is 6.07 Å². The number of nitrogens with zero attached hydrogens (tertiary/aromatic N) is 3. The molecule has 1 rings (SSSR count). The van der Waals surface area contributed by atoms with E-state index in [0.29, 0.717) is 19.5 Å². The highest BCUT2D eigenvalue weighted by molar-refractivity contribution is 5.62. The summed E-state index contributed by atoms with van der Waals surface area (Å²) in [5.74, 6) is 0. The molecule has 2 N–H and O–H groups in total. The summed E-state index contributed by atoms with van der Waals surface area (Å²) in [6, 6.07) is 7.15. The van der Waals surface area contributed by atoms with Gasteiger partial charge in [0.1, 0.15) is 5.69 Å². The van der Waals surface area contributed by atoms with Crippen molar-refractivity contribution in [2.24, 2.45) is 0 Å². The molecule has 0 amide bonds. The highest BCUT2D eigenvalue weighted by Crippen LogP contribution is 2.26. The van der Waals surface area contributed by atoms with Crippen LogP contribution in [0.25, 0.3) is 0 Å². The maximum absolute atomic E-state index is 10.8. The molecule has 19 heavy (non-hydrogen) atoms. The number of nitriles is 1. The van der Waals surface area contributed by atoms with Crippen LogP contribution in [0.2, 0.25) is 0 Å². The molecule has 0 spiro atoms. The molecule has 1 aromatic rings. The van der Waals surface area contributed by atoms with Crippen LogP contribution >= 0.6 is 0 Å². The first-order valence-corrected chi connectivity index (χ1v) is 6.10. The Kier molecular flexibility index (Phi) is 5.27. The van der Waals surface area contributed by atoms with Gasteiger partial charge in [-0.2, -0.15) is 5.26 Å². The third kappa shape index (κ3) is 3.93. The number of nitrogen functional groups attached to an aromatic ring is 1. The van der Waals surface area contributed by atoms with Gasteiger partial charge in [0.25, 0.3) is 5.69 Å². The quantitative estimate of drug-likeness (QED) is 0.482. The molecule has 0 atom stereocenters. The van der Waals surface area contributed by atoms with Crippen LogP contribution in [0.3, 0.4) is 0 Å². The number of para-hydroxylation sites is 1. The Morgan fingerprint density at radius 3 is 2.74 bits per heavy atom. The Hall–Kier alpha value is -2.13. The van der Waals surface area contributed by atoms with Gasteiger partial charge in [0, 0.05) is 31.6 Å². The molecular weight excluding hydrogens is 244 g/mol. The number of benzene rings is 1. The normalized spacial score (nSPS) is 10.7. The number of nitro benzene ring substituents is 1. The van der Waals surface area contributed by atoms with Crippen molar-refractivity contribution in [3.05, 3.63) is 33.9 Å². The molecule has 102 valence electrons. The number of hydrogen-bond acceptors (Lipinski definition) is 5. The maximum atomic E-state index is 10.8. The molecule has 1 aromatic carbocycles. The van der Waals surface area contributed by atoms with Crippen molar-refractivity contribution in [3.8, 4) is 6.07 Å². The Balaban J connectivity index is 2.94. The first-order chi connectivity index (χ1) is 8.97. The fourth-order valence-electron chi connectivity index (χ4n) is 1.83. The van der Waals surface area contributed by atoms with Gasteiger partial charge in [0.2, 0.25) is 0 Å². The summed E-state index contributed by atoms with van der Waals surface area (Å²) in [5.41, 5.74) is 6.69. The highest BCUT2D eigenvalue weighted by atomic mass is 16.6. The van der Waals surface area contributed by atoms with E-state index in [1.807, 2.05) is 13.8 Å². The molecule has 0 aliphatic rings. The van der Waals surface area contributed by atoms with E-state index in [-0.39, 0.29) is 17.4 Å². The molecule has 6 nitrogen and oxygen atoms in total. The Bertz CT molecular complexity index is 494. The smallest absolute Gasteiger partial charge is 0.292 e. The molecule has 0 aromatic heterocycles. The minimum Gasteiger partial charge on any atom is -0.393 e. The third-order valence-corrected chi connectivity index (χ3v) is 2.98. The van der Waals surface area contributed by atoms with E-state index in [2.05, 4.69) is 11.0 Å². The van der Waals surface area contributed by atoms with Gasteiger partial charge < -0.3 is 5.73 Å². The van der Waals surface area contributed by atoms with Crippen molar-refractivity contribution in [1.29, 1.82) is 5.26 Å². The van der Waals surface area contributed by atoms with Crippen molar-refractivity contribution >= 4 is 11.4 Å². The van der Waals surface area contributed by atoms with Gasteiger partial charge in [-0.05, 0) is 19.4 Å². The van der Waals surface area contributed by atoms with E-state index < -0.39 is 4.92 Å². The average molecular weight is 262 g/mol. The van der Waals surface area contributed by atoms with E-state index in [0.717, 1.165) is 5.56 Å². The second-order valence-corrected chi connectivity index (χ2v) is 4.58. The second-order valence-electron chi connectivity index (χ2n) is 4.58. The molecule has 0 saturated heterocycles. The maximum Gasteiger partial charge on any atom is 0.292 e. The van der Waals surface area contributed by atoms with E-state index >= 15 is 0 Å². The minimum absolute atomic E-state index is 0.0681. The van der Waals surface area contributed by atoms with E-state index in [4.69, 9.17) is 11.0 Å². The van der Waals surface area contributed by atoms with Crippen molar-refractivity contribution in [2.45, 2.75) is 32.9 Å². The molecule has 0 aliphatic carbocycles. The first kappa shape index (κ1) is 14.9. The number of anilines is 1. The molecule has 0 heterocycles. The van der Waals surface area contributed by atoms with Crippen LogP contribution in [-0.4, -0.2) is 22.4 Å². The Morgan fingerprint density at radius 1 is 1.53 bits per heavy atom. The molecule has 0 bridgehead atoms. The molecule has 0 saturated carbocycles. The van der Waals surface area contributed by atoms with Crippen LogP contribution in [0.4, 0.5) is 11.4 Å². The summed E-state index contributed by atoms with van der Waals surface area (Å²) in [5, 5.41) is 19.5. The Labute approximate surface area is 112 Å². The van der Waals surface area contributed by atoms with Crippen molar-refractivity contribution in [1.82, 2.24) is 4.90 Å². The fourth-order valence-corrected chi connectivity index (χ4v) is 1.83. The van der Waals surface area contributed by atoms with Crippen LogP contribution in [0, 0.1) is 21.4 Å². The zero-order valence-corrected chi connectivity index (χ0v) is 11.2. The number of hydrogen-bond donors (Lipinski definition) is 1. The SMILES string of the molecule is CC(C)N(CCC#N)Cc1cccc([N+](=O)[O-])c1N. The number of nitrogens with two attached hydrogens (primary N) is 1. The molecule has 0 fully saturated rings. The highest BCUT2D eigenvalue weighted by Gasteiger charge is 2.17. The molecule has 6 heteroatoms. The molecule has 0 radical (unpaired) electrons. The van der Waals surface area contributed by atoms with Gasteiger partial charge in [-0.15, -0.1) is 0 Å². The van der Waals surface area contributed by atoms with Crippen LogP contribution in [0.1, 0.15) is 25.8 Å². The summed E-state index contributed by atoms with van der Waals surface area (Å²) in [6.45, 7) is 5.17. The summed E-state index contributed by atoms with van der Waals surface area (Å²) in [6.07, 6.45) is 0.424. The topological polar surface area (TPSA) is 96.2 Å².